The molecule has 2 heteroatoms. The van der Waals surface area contributed by atoms with Gasteiger partial charge < -0.3 is 0 Å². The van der Waals surface area contributed by atoms with Gasteiger partial charge in [-0.25, -0.2) is 10.0 Å². The van der Waals surface area contributed by atoms with E-state index in [1.54, 1.807) is 4.90 Å². The van der Waals surface area contributed by atoms with Gasteiger partial charge in [0.1, 0.15) is 0 Å². The van der Waals surface area contributed by atoms with E-state index in [4.69, 9.17) is 4.98 Å². The largest absolute Gasteiger partial charge is 0.256 e. The van der Waals surface area contributed by atoms with Gasteiger partial charge >= 0.3 is 0 Å². The molecule has 0 N–H and O–H groups in total. The van der Waals surface area contributed by atoms with Crippen LogP contribution in [0.1, 0.15) is 24.0 Å². The van der Waals surface area contributed by atoms with Crippen LogP contribution in [0, 0.1) is 13.8 Å². The average molecular weight is 336 g/mol. The summed E-state index contributed by atoms with van der Waals surface area (Å²) in [6, 6.07) is 16.0. The quantitative estimate of drug-likeness (QED) is 0.551. The van der Waals surface area contributed by atoms with E-state index in [1.807, 2.05) is 6.20 Å². The molecule has 4 rings (SSSR count). The molecule has 0 atom stereocenters. The summed E-state index contributed by atoms with van der Waals surface area (Å²) in [7, 11) is -0.585. The van der Waals surface area contributed by atoms with Gasteiger partial charge in [0, 0.05) is 17.1 Å². The molecule has 1 aliphatic heterocycles. The summed E-state index contributed by atoms with van der Waals surface area (Å²) in [6.45, 7) is 4.31. The van der Waals surface area contributed by atoms with E-state index < -0.39 is 10.0 Å². The lowest BCUT2D eigenvalue weighted by molar-refractivity contribution is 0.949. The Morgan fingerprint density at radius 2 is 1.58 bits per heavy atom. The van der Waals surface area contributed by atoms with Crippen LogP contribution in [0.15, 0.2) is 53.6 Å². The van der Waals surface area contributed by atoms with Crippen LogP contribution in [0.5, 0.6) is 0 Å². The molecule has 0 spiro atoms. The summed E-state index contributed by atoms with van der Waals surface area (Å²) in [5, 5.41) is 2.60. The standard InChI is InChI=1S/C22H25NS/c1-16-12-17(2)14-19(13-16)22-21-7-6-20(15-18(21)8-9-23-22)24(3)10-4-5-11-24/h6-9,12-15H,4-5,10-11H2,1-3H3. The van der Waals surface area contributed by atoms with Crippen molar-refractivity contribution in [3.05, 3.63) is 59.8 Å². The fraction of sp³-hybridized carbons (Fsp3) is 0.318. The lowest BCUT2D eigenvalue weighted by Crippen LogP contribution is -2.00. The molecule has 0 saturated carbocycles. The first-order valence-electron chi connectivity index (χ1n) is 8.76. The Morgan fingerprint density at radius 3 is 2.29 bits per heavy atom. The van der Waals surface area contributed by atoms with Crippen LogP contribution in [-0.4, -0.2) is 22.7 Å². The van der Waals surface area contributed by atoms with E-state index in [9.17, 15) is 0 Å². The molecule has 124 valence electrons. The van der Waals surface area contributed by atoms with Crippen molar-refractivity contribution in [3.63, 3.8) is 0 Å². The van der Waals surface area contributed by atoms with E-state index in [2.05, 4.69) is 62.6 Å². The van der Waals surface area contributed by atoms with Crippen LogP contribution < -0.4 is 0 Å². The van der Waals surface area contributed by atoms with Gasteiger partial charge in [-0.2, -0.15) is 0 Å². The Hall–Kier alpha value is -1.80. The minimum atomic E-state index is -0.585. The van der Waals surface area contributed by atoms with Crippen molar-refractivity contribution in [3.8, 4) is 11.3 Å². The van der Waals surface area contributed by atoms with E-state index in [0.717, 1.165) is 5.69 Å². The molecule has 2 heterocycles. The molecule has 2 aromatic carbocycles. The first-order valence-corrected chi connectivity index (χ1v) is 11.1. The summed E-state index contributed by atoms with van der Waals surface area (Å²) in [4.78, 5) is 6.28. The van der Waals surface area contributed by atoms with Gasteiger partial charge in [-0.3, -0.25) is 4.98 Å². The highest BCUT2D eigenvalue weighted by atomic mass is 32.3. The predicted octanol–water partition coefficient (Wildman–Crippen LogP) is 6.11. The van der Waals surface area contributed by atoms with Crippen molar-refractivity contribution in [2.24, 2.45) is 0 Å². The van der Waals surface area contributed by atoms with Gasteiger partial charge in [0.15, 0.2) is 0 Å². The van der Waals surface area contributed by atoms with E-state index in [1.165, 1.54) is 51.8 Å². The Balaban J connectivity index is 1.86. The number of aryl methyl sites for hydroxylation is 2. The molecular weight excluding hydrogens is 310 g/mol. The number of nitrogens with zero attached hydrogens (tertiary/aromatic N) is 1. The third kappa shape index (κ3) is 2.73. The van der Waals surface area contributed by atoms with Crippen LogP contribution >= 0.6 is 10.0 Å². The number of benzene rings is 2. The Kier molecular flexibility index (Phi) is 3.88. The summed E-state index contributed by atoms with van der Waals surface area (Å²) in [6.07, 6.45) is 7.26. The molecule has 1 nitrogen and oxygen atoms in total. The normalized spacial score (nSPS) is 18.0. The van der Waals surface area contributed by atoms with Crippen LogP contribution in [0.25, 0.3) is 22.0 Å². The fourth-order valence-electron chi connectivity index (χ4n) is 3.98. The summed E-state index contributed by atoms with van der Waals surface area (Å²) in [5.41, 5.74) is 4.93. The van der Waals surface area contributed by atoms with Crippen molar-refractivity contribution >= 4 is 20.8 Å². The molecule has 0 aliphatic carbocycles. The first-order chi connectivity index (χ1) is 11.5. The van der Waals surface area contributed by atoms with Crippen LogP contribution in [0.4, 0.5) is 0 Å². The SMILES string of the molecule is Cc1cc(C)cc(-c2nccc3cc(S4(C)CCCC4)ccc23)c1. The van der Waals surface area contributed by atoms with E-state index >= 15 is 0 Å². The zero-order valence-electron chi connectivity index (χ0n) is 14.8. The van der Waals surface area contributed by atoms with Crippen molar-refractivity contribution in [2.45, 2.75) is 31.6 Å². The zero-order chi connectivity index (χ0) is 16.7. The fourth-order valence-corrected chi connectivity index (χ4v) is 7.15. The van der Waals surface area contributed by atoms with Crippen molar-refractivity contribution in [1.82, 2.24) is 4.98 Å². The average Bonchev–Trinajstić information content (AvgIpc) is 3.01. The van der Waals surface area contributed by atoms with Crippen LogP contribution in [0.2, 0.25) is 0 Å². The molecule has 1 aromatic heterocycles. The van der Waals surface area contributed by atoms with E-state index in [-0.39, 0.29) is 0 Å². The van der Waals surface area contributed by atoms with Gasteiger partial charge in [0.25, 0.3) is 0 Å². The minimum absolute atomic E-state index is 0.585. The second-order valence-corrected chi connectivity index (χ2v) is 11.1. The van der Waals surface area contributed by atoms with E-state index in [0.29, 0.717) is 0 Å². The number of fused-ring (bicyclic) bond motifs is 1. The smallest absolute Gasteiger partial charge is 0.0780 e. The molecule has 0 unspecified atom stereocenters. The van der Waals surface area contributed by atoms with Gasteiger partial charge in [0.2, 0.25) is 0 Å². The lowest BCUT2D eigenvalue weighted by atomic mass is 10.0. The monoisotopic (exact) mass is 335 g/mol. The second-order valence-electron chi connectivity index (χ2n) is 7.31. The van der Waals surface area contributed by atoms with Gasteiger partial charge in [-0.05, 0) is 85.1 Å². The Labute approximate surface area is 146 Å². The van der Waals surface area contributed by atoms with Crippen LogP contribution in [0.3, 0.4) is 0 Å². The molecular formula is C22H25NS. The number of pyridine rings is 1. The zero-order valence-corrected chi connectivity index (χ0v) is 15.6. The molecule has 0 radical (unpaired) electrons. The molecule has 0 bridgehead atoms. The first kappa shape index (κ1) is 15.7. The number of hydrogen-bond donors (Lipinski definition) is 0. The highest BCUT2D eigenvalue weighted by Gasteiger charge is 2.25. The van der Waals surface area contributed by atoms with Crippen molar-refractivity contribution in [1.29, 1.82) is 0 Å². The van der Waals surface area contributed by atoms with Crippen molar-refractivity contribution < 1.29 is 0 Å². The van der Waals surface area contributed by atoms with Gasteiger partial charge in [-0.1, -0.05) is 23.3 Å². The van der Waals surface area contributed by atoms with Crippen molar-refractivity contribution in [2.75, 3.05) is 17.8 Å². The minimum Gasteiger partial charge on any atom is -0.256 e. The lowest BCUT2D eigenvalue weighted by Gasteiger charge is -2.31. The molecule has 1 saturated heterocycles. The number of rotatable bonds is 2. The summed E-state index contributed by atoms with van der Waals surface area (Å²) >= 11 is 0. The molecule has 1 aliphatic rings. The summed E-state index contributed by atoms with van der Waals surface area (Å²) < 4.78 is 0. The third-order valence-electron chi connectivity index (χ3n) is 5.24. The third-order valence-corrected chi connectivity index (χ3v) is 9.01. The van der Waals surface area contributed by atoms with Crippen LogP contribution in [-0.2, 0) is 0 Å². The predicted molar refractivity (Wildman–Crippen MR) is 107 cm³/mol. The van der Waals surface area contributed by atoms with Gasteiger partial charge in [-0.15, -0.1) is 0 Å². The number of hydrogen-bond acceptors (Lipinski definition) is 1. The molecule has 24 heavy (non-hydrogen) atoms. The molecule has 0 amide bonds. The topological polar surface area (TPSA) is 12.9 Å². The summed E-state index contributed by atoms with van der Waals surface area (Å²) in [5.74, 6) is 2.79. The maximum Gasteiger partial charge on any atom is 0.0780 e. The highest BCUT2D eigenvalue weighted by molar-refractivity contribution is 8.33. The van der Waals surface area contributed by atoms with Gasteiger partial charge in [0.05, 0.1) is 5.69 Å². The maximum absolute atomic E-state index is 4.71. The maximum atomic E-state index is 4.71. The Morgan fingerprint density at radius 1 is 0.875 bits per heavy atom. The number of aromatic nitrogens is 1. The molecule has 3 aromatic rings. The second kappa shape index (κ2) is 5.93. The Bertz CT molecular complexity index is 887. The molecule has 1 fully saturated rings. The highest BCUT2D eigenvalue weighted by Crippen LogP contribution is 2.57.